The quantitative estimate of drug-likeness (QED) is 0.943. The minimum atomic E-state index is -0.142. The summed E-state index contributed by atoms with van der Waals surface area (Å²) in [5.74, 6) is 0.597. The lowest BCUT2D eigenvalue weighted by molar-refractivity contribution is 0.731. The Morgan fingerprint density at radius 2 is 2.05 bits per heavy atom. The van der Waals surface area contributed by atoms with Crippen LogP contribution in [0.2, 0.25) is 0 Å². The third-order valence-electron chi connectivity index (χ3n) is 3.16. The maximum absolute atomic E-state index is 12.0. The van der Waals surface area contributed by atoms with E-state index in [1.54, 1.807) is 4.68 Å². The van der Waals surface area contributed by atoms with Crippen molar-refractivity contribution < 1.29 is 0 Å². The fourth-order valence-electron chi connectivity index (χ4n) is 2.14. The molecule has 2 aromatic heterocycles. The van der Waals surface area contributed by atoms with Crippen LogP contribution in [0.4, 0.5) is 0 Å². The average Bonchev–Trinajstić information content (AvgIpc) is 2.59. The first-order chi connectivity index (χ1) is 8.95. The van der Waals surface area contributed by atoms with E-state index in [0.717, 1.165) is 35.5 Å². The second-order valence-electron chi connectivity index (χ2n) is 4.59. The SMILES string of the molecule is CCCc1nc(-c2c(C)nn(C)c2C)[nH]c(=O)c1Br. The Kier molecular flexibility index (Phi) is 3.89. The first-order valence-corrected chi connectivity index (χ1v) is 7.04. The van der Waals surface area contributed by atoms with Gasteiger partial charge in [-0.25, -0.2) is 4.98 Å². The van der Waals surface area contributed by atoms with Crippen LogP contribution in [-0.4, -0.2) is 19.7 Å². The number of hydrogen-bond acceptors (Lipinski definition) is 3. The first kappa shape index (κ1) is 14.0. The molecule has 0 unspecified atom stereocenters. The molecule has 0 fully saturated rings. The summed E-state index contributed by atoms with van der Waals surface area (Å²) in [7, 11) is 1.88. The summed E-state index contributed by atoms with van der Waals surface area (Å²) in [4.78, 5) is 19.4. The highest BCUT2D eigenvalue weighted by molar-refractivity contribution is 9.10. The van der Waals surface area contributed by atoms with Crippen LogP contribution in [0.5, 0.6) is 0 Å². The highest BCUT2D eigenvalue weighted by atomic mass is 79.9. The molecule has 0 aliphatic carbocycles. The van der Waals surface area contributed by atoms with E-state index in [1.165, 1.54) is 0 Å². The molecule has 1 N–H and O–H groups in total. The van der Waals surface area contributed by atoms with Gasteiger partial charge in [-0.15, -0.1) is 0 Å². The number of rotatable bonds is 3. The Bertz CT molecular complexity index is 672. The molecule has 0 radical (unpaired) electrons. The van der Waals surface area contributed by atoms with Crippen molar-refractivity contribution >= 4 is 15.9 Å². The average molecular weight is 325 g/mol. The van der Waals surface area contributed by atoms with E-state index < -0.39 is 0 Å². The highest BCUT2D eigenvalue weighted by Crippen LogP contribution is 2.24. The molecule has 0 aliphatic heterocycles. The van der Waals surface area contributed by atoms with Crippen molar-refractivity contribution in [3.8, 4) is 11.4 Å². The van der Waals surface area contributed by atoms with E-state index in [4.69, 9.17) is 0 Å². The van der Waals surface area contributed by atoms with Gasteiger partial charge in [0.05, 0.1) is 17.0 Å². The zero-order valence-corrected chi connectivity index (χ0v) is 13.1. The van der Waals surface area contributed by atoms with Crippen molar-refractivity contribution in [3.05, 3.63) is 31.9 Å². The molecule has 0 atom stereocenters. The number of hydrogen-bond donors (Lipinski definition) is 1. The number of aromatic nitrogens is 4. The minimum absolute atomic E-state index is 0.142. The van der Waals surface area contributed by atoms with Gasteiger partial charge in [0.25, 0.3) is 5.56 Å². The van der Waals surface area contributed by atoms with Crippen LogP contribution in [-0.2, 0) is 13.5 Å². The molecule has 0 aromatic carbocycles. The Morgan fingerprint density at radius 1 is 1.37 bits per heavy atom. The van der Waals surface area contributed by atoms with Crippen molar-refractivity contribution in [3.63, 3.8) is 0 Å². The molecule has 0 bridgehead atoms. The van der Waals surface area contributed by atoms with Crippen molar-refractivity contribution in [1.29, 1.82) is 0 Å². The fourth-order valence-corrected chi connectivity index (χ4v) is 2.53. The normalized spacial score (nSPS) is 11.0. The van der Waals surface area contributed by atoms with Crippen LogP contribution < -0.4 is 5.56 Å². The molecule has 0 spiro atoms. The molecule has 0 aliphatic rings. The number of nitrogens with one attached hydrogen (secondary N) is 1. The summed E-state index contributed by atoms with van der Waals surface area (Å²) in [5.41, 5.74) is 3.42. The van der Waals surface area contributed by atoms with E-state index in [0.29, 0.717) is 10.3 Å². The van der Waals surface area contributed by atoms with Gasteiger partial charge in [0.15, 0.2) is 0 Å². The number of aryl methyl sites for hydroxylation is 3. The molecule has 19 heavy (non-hydrogen) atoms. The smallest absolute Gasteiger partial charge is 0.265 e. The van der Waals surface area contributed by atoms with Crippen LogP contribution in [0.3, 0.4) is 0 Å². The van der Waals surface area contributed by atoms with Gasteiger partial charge < -0.3 is 4.98 Å². The molecule has 0 saturated carbocycles. The Hall–Kier alpha value is -1.43. The summed E-state index contributed by atoms with van der Waals surface area (Å²) in [6.07, 6.45) is 1.72. The Balaban J connectivity index is 2.66. The van der Waals surface area contributed by atoms with Gasteiger partial charge >= 0.3 is 0 Å². The van der Waals surface area contributed by atoms with E-state index in [1.807, 2.05) is 20.9 Å². The molecular weight excluding hydrogens is 308 g/mol. The second kappa shape index (κ2) is 5.28. The first-order valence-electron chi connectivity index (χ1n) is 6.25. The van der Waals surface area contributed by atoms with E-state index in [2.05, 4.69) is 37.9 Å². The monoisotopic (exact) mass is 324 g/mol. The molecular formula is C13H17BrN4O. The van der Waals surface area contributed by atoms with Crippen molar-refractivity contribution in [1.82, 2.24) is 19.7 Å². The largest absolute Gasteiger partial charge is 0.305 e. The summed E-state index contributed by atoms with van der Waals surface area (Å²) >= 11 is 3.30. The number of aromatic amines is 1. The standard InChI is InChI=1S/C13H17BrN4O/c1-5-6-9-11(14)13(19)16-12(15-9)10-7(2)17-18(4)8(10)3/h5-6H2,1-4H3,(H,15,16,19). The van der Waals surface area contributed by atoms with E-state index in [-0.39, 0.29) is 5.56 Å². The molecule has 6 heteroatoms. The van der Waals surface area contributed by atoms with Gasteiger partial charge in [0.2, 0.25) is 0 Å². The highest BCUT2D eigenvalue weighted by Gasteiger charge is 2.16. The van der Waals surface area contributed by atoms with Gasteiger partial charge in [0.1, 0.15) is 10.3 Å². The number of H-pyrrole nitrogens is 1. The zero-order valence-electron chi connectivity index (χ0n) is 11.5. The molecule has 2 heterocycles. The summed E-state index contributed by atoms with van der Waals surface area (Å²) in [5, 5.41) is 4.36. The molecule has 0 saturated heterocycles. The predicted octanol–water partition coefficient (Wildman–Crippen LogP) is 2.50. The summed E-state index contributed by atoms with van der Waals surface area (Å²) < 4.78 is 2.32. The molecule has 2 aromatic rings. The molecule has 102 valence electrons. The summed E-state index contributed by atoms with van der Waals surface area (Å²) in [6, 6.07) is 0. The van der Waals surface area contributed by atoms with Crippen LogP contribution in [0, 0.1) is 13.8 Å². The summed E-state index contributed by atoms with van der Waals surface area (Å²) in [6.45, 7) is 5.95. The van der Waals surface area contributed by atoms with Gasteiger partial charge in [0, 0.05) is 12.7 Å². The third kappa shape index (κ3) is 2.49. The van der Waals surface area contributed by atoms with Crippen LogP contribution in [0.15, 0.2) is 9.27 Å². The maximum Gasteiger partial charge on any atom is 0.265 e. The van der Waals surface area contributed by atoms with Gasteiger partial charge in [-0.3, -0.25) is 9.48 Å². The fraction of sp³-hybridized carbons (Fsp3) is 0.462. The lowest BCUT2D eigenvalue weighted by Gasteiger charge is -2.06. The second-order valence-corrected chi connectivity index (χ2v) is 5.39. The van der Waals surface area contributed by atoms with Gasteiger partial charge in [-0.05, 0) is 36.2 Å². The number of nitrogens with zero attached hydrogens (tertiary/aromatic N) is 3. The minimum Gasteiger partial charge on any atom is -0.305 e. The van der Waals surface area contributed by atoms with Crippen molar-refractivity contribution in [2.75, 3.05) is 0 Å². The van der Waals surface area contributed by atoms with Gasteiger partial charge in [-0.2, -0.15) is 5.10 Å². The molecule has 0 amide bonds. The third-order valence-corrected chi connectivity index (χ3v) is 3.98. The topological polar surface area (TPSA) is 63.6 Å². The lowest BCUT2D eigenvalue weighted by Crippen LogP contribution is -2.14. The number of halogens is 1. The van der Waals surface area contributed by atoms with Gasteiger partial charge in [-0.1, -0.05) is 13.3 Å². The molecule has 5 nitrogen and oxygen atoms in total. The zero-order chi connectivity index (χ0) is 14.2. The van der Waals surface area contributed by atoms with Crippen LogP contribution in [0.1, 0.15) is 30.4 Å². The van der Waals surface area contributed by atoms with Crippen molar-refractivity contribution in [2.45, 2.75) is 33.6 Å². The van der Waals surface area contributed by atoms with Crippen LogP contribution in [0.25, 0.3) is 11.4 Å². The van der Waals surface area contributed by atoms with E-state index >= 15 is 0 Å². The maximum atomic E-state index is 12.0. The Morgan fingerprint density at radius 3 is 2.58 bits per heavy atom. The lowest BCUT2D eigenvalue weighted by atomic mass is 10.1. The van der Waals surface area contributed by atoms with E-state index in [9.17, 15) is 4.79 Å². The van der Waals surface area contributed by atoms with Crippen molar-refractivity contribution in [2.24, 2.45) is 7.05 Å². The Labute approximate surface area is 120 Å². The molecule has 2 rings (SSSR count). The van der Waals surface area contributed by atoms with Crippen LogP contribution >= 0.6 is 15.9 Å². The predicted molar refractivity (Wildman–Crippen MR) is 78.2 cm³/mol.